The van der Waals surface area contributed by atoms with Gasteiger partial charge in [0, 0.05) is 43.5 Å². The van der Waals surface area contributed by atoms with Crippen molar-refractivity contribution in [2.75, 3.05) is 31.1 Å². The number of benzene rings is 1. The minimum absolute atomic E-state index is 0.147. The highest BCUT2D eigenvalue weighted by Gasteiger charge is 2.19. The van der Waals surface area contributed by atoms with Gasteiger partial charge < -0.3 is 4.90 Å². The number of carbonyl (C=O) groups excluding carboxylic acids is 1. The summed E-state index contributed by atoms with van der Waals surface area (Å²) in [6.45, 7) is 12.5. The van der Waals surface area contributed by atoms with Crippen molar-refractivity contribution in [1.82, 2.24) is 4.90 Å². The normalized spacial score (nSPS) is 17.0. The van der Waals surface area contributed by atoms with Gasteiger partial charge in [0.1, 0.15) is 0 Å². The van der Waals surface area contributed by atoms with Crippen molar-refractivity contribution in [3.05, 3.63) is 29.3 Å². The molecular formula is C16H24N2O. The Labute approximate surface area is 116 Å². The molecule has 1 aromatic rings. The highest BCUT2D eigenvalue weighted by atomic mass is 16.1. The molecule has 2 rings (SSSR count). The molecule has 0 N–H and O–H groups in total. The Morgan fingerprint density at radius 1 is 1.16 bits per heavy atom. The molecule has 0 radical (unpaired) electrons. The molecule has 3 nitrogen and oxygen atoms in total. The van der Waals surface area contributed by atoms with Gasteiger partial charge in [-0.1, -0.05) is 0 Å². The average Bonchev–Trinajstić information content (AvgIpc) is 2.38. The number of aryl methyl sites for hydroxylation is 1. The van der Waals surface area contributed by atoms with Crippen molar-refractivity contribution in [3.63, 3.8) is 0 Å². The number of carbonyl (C=O) groups is 1. The van der Waals surface area contributed by atoms with Gasteiger partial charge in [0.15, 0.2) is 5.78 Å². The van der Waals surface area contributed by atoms with Crippen LogP contribution in [0.2, 0.25) is 0 Å². The second-order valence-electron chi connectivity index (χ2n) is 5.67. The van der Waals surface area contributed by atoms with E-state index in [1.54, 1.807) is 6.92 Å². The number of anilines is 1. The van der Waals surface area contributed by atoms with Crippen LogP contribution in [0.15, 0.2) is 18.2 Å². The fraction of sp³-hybridized carbons (Fsp3) is 0.562. The van der Waals surface area contributed by atoms with Crippen molar-refractivity contribution in [2.24, 2.45) is 0 Å². The first-order valence-electron chi connectivity index (χ1n) is 7.09. The standard InChI is InChI=1S/C16H24N2O/c1-12(2)17-7-9-18(10-8-17)15-5-6-16(14(4)19)13(3)11-15/h5-6,11-12H,7-10H2,1-4H3. The van der Waals surface area contributed by atoms with Crippen LogP contribution in [0, 0.1) is 6.92 Å². The molecule has 0 spiro atoms. The zero-order valence-corrected chi connectivity index (χ0v) is 12.4. The maximum Gasteiger partial charge on any atom is 0.160 e. The van der Waals surface area contributed by atoms with E-state index >= 15 is 0 Å². The van der Waals surface area contributed by atoms with Crippen molar-refractivity contribution in [1.29, 1.82) is 0 Å². The van der Waals surface area contributed by atoms with Crippen LogP contribution >= 0.6 is 0 Å². The lowest BCUT2D eigenvalue weighted by atomic mass is 10.0. The van der Waals surface area contributed by atoms with Gasteiger partial charge >= 0.3 is 0 Å². The molecule has 19 heavy (non-hydrogen) atoms. The zero-order chi connectivity index (χ0) is 14.0. The summed E-state index contributed by atoms with van der Waals surface area (Å²) in [6, 6.07) is 6.81. The number of Topliss-reactive ketones (excluding diaryl/α,β-unsaturated/α-hetero) is 1. The molecule has 1 aliphatic rings. The molecular weight excluding hydrogens is 236 g/mol. The largest absolute Gasteiger partial charge is 0.369 e. The molecule has 1 fully saturated rings. The Kier molecular flexibility index (Phi) is 4.25. The molecule has 1 aromatic carbocycles. The summed E-state index contributed by atoms with van der Waals surface area (Å²) < 4.78 is 0. The lowest BCUT2D eigenvalue weighted by Gasteiger charge is -2.38. The summed E-state index contributed by atoms with van der Waals surface area (Å²) in [6.07, 6.45) is 0. The van der Waals surface area contributed by atoms with E-state index in [4.69, 9.17) is 0 Å². The Morgan fingerprint density at radius 2 is 1.79 bits per heavy atom. The molecule has 3 heteroatoms. The van der Waals surface area contributed by atoms with Gasteiger partial charge in [-0.25, -0.2) is 0 Å². The van der Waals surface area contributed by atoms with Crippen LogP contribution in [0.4, 0.5) is 5.69 Å². The van der Waals surface area contributed by atoms with E-state index in [-0.39, 0.29) is 5.78 Å². The third kappa shape index (κ3) is 3.16. The molecule has 0 bridgehead atoms. The maximum absolute atomic E-state index is 11.5. The zero-order valence-electron chi connectivity index (χ0n) is 12.4. The number of piperazine rings is 1. The van der Waals surface area contributed by atoms with Crippen molar-refractivity contribution >= 4 is 11.5 Å². The number of rotatable bonds is 3. The highest BCUT2D eigenvalue weighted by molar-refractivity contribution is 5.95. The van der Waals surface area contributed by atoms with Crippen LogP contribution in [0.5, 0.6) is 0 Å². The smallest absolute Gasteiger partial charge is 0.160 e. The average molecular weight is 260 g/mol. The lowest BCUT2D eigenvalue weighted by molar-refractivity contribution is 0.101. The van der Waals surface area contributed by atoms with Crippen molar-refractivity contribution < 1.29 is 4.79 Å². The number of hydrogen-bond acceptors (Lipinski definition) is 3. The van der Waals surface area contributed by atoms with Gasteiger partial charge in [-0.2, -0.15) is 0 Å². The Hall–Kier alpha value is -1.35. The predicted molar refractivity (Wildman–Crippen MR) is 80.1 cm³/mol. The summed E-state index contributed by atoms with van der Waals surface area (Å²) >= 11 is 0. The summed E-state index contributed by atoms with van der Waals surface area (Å²) in [4.78, 5) is 16.4. The molecule has 0 unspecified atom stereocenters. The predicted octanol–water partition coefficient (Wildman–Crippen LogP) is 2.73. The maximum atomic E-state index is 11.5. The van der Waals surface area contributed by atoms with Gasteiger partial charge in [0.25, 0.3) is 0 Å². The van der Waals surface area contributed by atoms with Gasteiger partial charge in [-0.15, -0.1) is 0 Å². The van der Waals surface area contributed by atoms with E-state index < -0.39 is 0 Å². The second-order valence-corrected chi connectivity index (χ2v) is 5.67. The topological polar surface area (TPSA) is 23.6 Å². The Morgan fingerprint density at radius 3 is 2.26 bits per heavy atom. The molecule has 1 aliphatic heterocycles. The van der Waals surface area contributed by atoms with Gasteiger partial charge in [-0.05, 0) is 51.5 Å². The van der Waals surface area contributed by atoms with Crippen LogP contribution in [-0.2, 0) is 0 Å². The van der Waals surface area contributed by atoms with Gasteiger partial charge in [0.2, 0.25) is 0 Å². The van der Waals surface area contributed by atoms with Gasteiger partial charge in [-0.3, -0.25) is 9.69 Å². The van der Waals surface area contributed by atoms with Crippen LogP contribution in [0.3, 0.4) is 0 Å². The Balaban J connectivity index is 2.08. The lowest BCUT2D eigenvalue weighted by Crippen LogP contribution is -2.48. The summed E-state index contributed by atoms with van der Waals surface area (Å²) in [5, 5.41) is 0. The third-order valence-electron chi connectivity index (χ3n) is 4.00. The van der Waals surface area contributed by atoms with Crippen LogP contribution in [0.1, 0.15) is 36.7 Å². The summed E-state index contributed by atoms with van der Waals surface area (Å²) in [5.41, 5.74) is 3.16. The van der Waals surface area contributed by atoms with E-state index in [1.807, 2.05) is 13.0 Å². The first-order valence-corrected chi connectivity index (χ1v) is 7.09. The summed E-state index contributed by atoms with van der Waals surface area (Å²) in [7, 11) is 0. The molecule has 1 heterocycles. The van der Waals surface area contributed by atoms with Crippen LogP contribution in [0.25, 0.3) is 0 Å². The number of nitrogens with zero attached hydrogens (tertiary/aromatic N) is 2. The molecule has 1 saturated heterocycles. The number of ketones is 1. The summed E-state index contributed by atoms with van der Waals surface area (Å²) in [5.74, 6) is 0.147. The number of hydrogen-bond donors (Lipinski definition) is 0. The van der Waals surface area contributed by atoms with E-state index in [0.29, 0.717) is 6.04 Å². The minimum atomic E-state index is 0.147. The monoisotopic (exact) mass is 260 g/mol. The SMILES string of the molecule is CC(=O)c1ccc(N2CCN(C(C)C)CC2)cc1C. The fourth-order valence-electron chi connectivity index (χ4n) is 2.74. The van der Waals surface area contributed by atoms with E-state index in [1.165, 1.54) is 5.69 Å². The fourth-order valence-corrected chi connectivity index (χ4v) is 2.74. The van der Waals surface area contributed by atoms with Crippen LogP contribution < -0.4 is 4.90 Å². The molecule has 104 valence electrons. The van der Waals surface area contributed by atoms with Crippen LogP contribution in [-0.4, -0.2) is 42.9 Å². The second kappa shape index (κ2) is 5.74. The Bertz CT molecular complexity index is 460. The van der Waals surface area contributed by atoms with E-state index in [9.17, 15) is 4.79 Å². The van der Waals surface area contributed by atoms with Crippen molar-refractivity contribution in [3.8, 4) is 0 Å². The van der Waals surface area contributed by atoms with Crippen molar-refractivity contribution in [2.45, 2.75) is 33.7 Å². The minimum Gasteiger partial charge on any atom is -0.369 e. The quantitative estimate of drug-likeness (QED) is 0.781. The van der Waals surface area contributed by atoms with E-state index in [0.717, 1.165) is 37.3 Å². The highest BCUT2D eigenvalue weighted by Crippen LogP contribution is 2.21. The molecule has 0 saturated carbocycles. The van der Waals surface area contributed by atoms with E-state index in [2.05, 4.69) is 35.8 Å². The first-order chi connectivity index (χ1) is 8.99. The molecule has 0 aromatic heterocycles. The molecule has 0 atom stereocenters. The third-order valence-corrected chi connectivity index (χ3v) is 4.00. The first kappa shape index (κ1) is 14.1. The molecule has 0 aliphatic carbocycles. The van der Waals surface area contributed by atoms with Gasteiger partial charge in [0.05, 0.1) is 0 Å². The molecule has 0 amide bonds.